The van der Waals surface area contributed by atoms with Crippen LogP contribution in [-0.4, -0.2) is 93.1 Å². The zero-order valence-corrected chi connectivity index (χ0v) is 25.8. The molecule has 2 aromatic carbocycles. The van der Waals surface area contributed by atoms with Gasteiger partial charge in [0.05, 0.1) is 28.9 Å². The van der Waals surface area contributed by atoms with Crippen molar-refractivity contribution in [3.63, 3.8) is 0 Å². The second-order valence-corrected chi connectivity index (χ2v) is 11.6. The molecule has 2 aliphatic heterocycles. The summed E-state index contributed by atoms with van der Waals surface area (Å²) in [5, 5.41) is 25.2. The molecule has 4 aromatic rings. The van der Waals surface area contributed by atoms with Crippen molar-refractivity contribution < 1.29 is 23.8 Å². The van der Waals surface area contributed by atoms with Crippen LogP contribution in [0.15, 0.2) is 48.9 Å². The monoisotopic (exact) mass is 646 g/mol. The highest BCUT2D eigenvalue weighted by Crippen LogP contribution is 2.36. The fourth-order valence-corrected chi connectivity index (χ4v) is 6.19. The smallest absolute Gasteiger partial charge is 0.254 e. The molecule has 0 radical (unpaired) electrons. The number of hydrogen-bond donors (Lipinski definition) is 3. The number of carbonyl (C=O) groups is 2. The Morgan fingerprint density at radius 2 is 1.98 bits per heavy atom. The standard InChI is InChI=1S/C32H32ClFN8O4/c1-19-16-20(2-3-21(19)31(44)40-11-13-41(14-12-40)32(45)23-6-8-36-18-25(23)43)39-29-30-38-17-24(42(30)10-9-37-29)22-4-5-26(46-15-7-35)28(34)27(22)33/h2-5,9-10,16-17,23,25,36,43H,6,8,11-15,18H2,1H3,(H,37,39)/t23-,25-/m1/s1. The first-order chi connectivity index (χ1) is 22.3. The lowest BCUT2D eigenvalue weighted by molar-refractivity contribution is -0.141. The van der Waals surface area contributed by atoms with E-state index in [0.29, 0.717) is 79.7 Å². The first-order valence-electron chi connectivity index (χ1n) is 14.9. The van der Waals surface area contributed by atoms with Gasteiger partial charge in [0.1, 0.15) is 6.07 Å². The lowest BCUT2D eigenvalue weighted by Gasteiger charge is -2.38. The average Bonchev–Trinajstić information content (AvgIpc) is 3.50. The molecule has 2 saturated heterocycles. The molecule has 2 fully saturated rings. The largest absolute Gasteiger partial charge is 0.476 e. The van der Waals surface area contributed by atoms with Crippen LogP contribution >= 0.6 is 11.6 Å². The highest BCUT2D eigenvalue weighted by molar-refractivity contribution is 6.33. The molecular formula is C32H32ClFN8O4. The van der Waals surface area contributed by atoms with Gasteiger partial charge < -0.3 is 30.3 Å². The highest BCUT2D eigenvalue weighted by atomic mass is 35.5. The second-order valence-electron chi connectivity index (χ2n) is 11.2. The van der Waals surface area contributed by atoms with Gasteiger partial charge in [-0.3, -0.25) is 14.0 Å². The number of nitrogens with one attached hydrogen (secondary N) is 2. The van der Waals surface area contributed by atoms with E-state index in [0.717, 1.165) is 5.56 Å². The number of β-amino-alcohol motifs (C(OH)–C–C–N with tert-alkyl or cyclic N) is 1. The molecule has 0 saturated carbocycles. The maximum Gasteiger partial charge on any atom is 0.254 e. The van der Waals surface area contributed by atoms with Gasteiger partial charge in [0.2, 0.25) is 5.91 Å². The Labute approximate surface area is 269 Å². The molecule has 14 heteroatoms. The third-order valence-corrected chi connectivity index (χ3v) is 8.78. The summed E-state index contributed by atoms with van der Waals surface area (Å²) in [6.07, 6.45) is 4.74. The molecule has 238 valence electrons. The van der Waals surface area contributed by atoms with Gasteiger partial charge in [-0.1, -0.05) is 11.6 Å². The van der Waals surface area contributed by atoms with Crippen LogP contribution < -0.4 is 15.4 Å². The molecular weight excluding hydrogens is 615 g/mol. The molecule has 2 aromatic heterocycles. The minimum atomic E-state index is -0.769. The number of rotatable bonds is 7. The quantitative estimate of drug-likeness (QED) is 0.275. The van der Waals surface area contributed by atoms with Gasteiger partial charge in [-0.25, -0.2) is 14.4 Å². The summed E-state index contributed by atoms with van der Waals surface area (Å²) >= 11 is 6.34. The van der Waals surface area contributed by atoms with Crippen LogP contribution in [0.1, 0.15) is 22.3 Å². The van der Waals surface area contributed by atoms with Gasteiger partial charge in [-0.15, -0.1) is 0 Å². The molecule has 3 N–H and O–H groups in total. The predicted octanol–water partition coefficient (Wildman–Crippen LogP) is 3.40. The van der Waals surface area contributed by atoms with E-state index in [4.69, 9.17) is 21.6 Å². The van der Waals surface area contributed by atoms with Crippen LogP contribution in [0, 0.1) is 30.0 Å². The number of anilines is 2. The molecule has 2 atom stereocenters. The predicted molar refractivity (Wildman–Crippen MR) is 168 cm³/mol. The Morgan fingerprint density at radius 3 is 2.72 bits per heavy atom. The number of nitriles is 1. The summed E-state index contributed by atoms with van der Waals surface area (Å²) in [6, 6.07) is 10.2. The number of hydrogen-bond acceptors (Lipinski definition) is 9. The van der Waals surface area contributed by atoms with Crippen molar-refractivity contribution in [2.75, 3.05) is 51.2 Å². The van der Waals surface area contributed by atoms with Crippen molar-refractivity contribution in [1.29, 1.82) is 5.26 Å². The van der Waals surface area contributed by atoms with E-state index in [9.17, 15) is 19.1 Å². The molecule has 2 amide bonds. The van der Waals surface area contributed by atoms with Crippen molar-refractivity contribution in [1.82, 2.24) is 29.5 Å². The van der Waals surface area contributed by atoms with Gasteiger partial charge in [0.15, 0.2) is 29.6 Å². The number of halogens is 2. The van der Waals surface area contributed by atoms with Crippen LogP contribution in [-0.2, 0) is 4.79 Å². The number of nitrogens with zero attached hydrogens (tertiary/aromatic N) is 6. The van der Waals surface area contributed by atoms with Crippen molar-refractivity contribution in [3.05, 3.63) is 70.9 Å². The Balaban J connectivity index is 1.14. The average molecular weight is 647 g/mol. The van der Waals surface area contributed by atoms with E-state index < -0.39 is 17.8 Å². The topological polar surface area (TPSA) is 148 Å². The van der Waals surface area contributed by atoms with Crippen molar-refractivity contribution in [2.24, 2.45) is 5.92 Å². The molecule has 6 rings (SSSR count). The van der Waals surface area contributed by atoms with E-state index in [1.54, 1.807) is 57.1 Å². The lowest BCUT2D eigenvalue weighted by atomic mass is 9.93. The number of fused-ring (bicyclic) bond motifs is 1. The van der Waals surface area contributed by atoms with E-state index in [1.165, 1.54) is 6.07 Å². The summed E-state index contributed by atoms with van der Waals surface area (Å²) in [4.78, 5) is 38.8. The number of amides is 2. The van der Waals surface area contributed by atoms with E-state index in [1.807, 2.05) is 13.0 Å². The number of benzene rings is 2. The number of aliphatic hydroxyl groups excluding tert-OH is 1. The van der Waals surface area contributed by atoms with Gasteiger partial charge in [-0.05, 0) is 55.8 Å². The van der Waals surface area contributed by atoms with Crippen molar-refractivity contribution in [2.45, 2.75) is 19.4 Å². The summed E-state index contributed by atoms with van der Waals surface area (Å²) in [5.74, 6) is -0.995. The molecule has 0 aliphatic carbocycles. The summed E-state index contributed by atoms with van der Waals surface area (Å²) in [7, 11) is 0. The van der Waals surface area contributed by atoms with Gasteiger partial charge in [-0.2, -0.15) is 5.26 Å². The number of carbonyl (C=O) groups excluding carboxylic acids is 2. The fraction of sp³-hybridized carbons (Fsp3) is 0.344. The molecule has 0 spiro atoms. The van der Waals surface area contributed by atoms with Crippen LogP contribution in [0.5, 0.6) is 5.75 Å². The number of aryl methyl sites for hydroxylation is 1. The van der Waals surface area contributed by atoms with Crippen LogP contribution in [0.2, 0.25) is 5.02 Å². The van der Waals surface area contributed by atoms with Gasteiger partial charge in [0, 0.05) is 61.9 Å². The van der Waals surface area contributed by atoms with Gasteiger partial charge in [0.25, 0.3) is 5.91 Å². The number of piperidine rings is 1. The number of aliphatic hydroxyl groups is 1. The maximum absolute atomic E-state index is 14.8. The Hall–Kier alpha value is -4.77. The number of ether oxygens (including phenoxy) is 1. The first-order valence-corrected chi connectivity index (χ1v) is 15.3. The third kappa shape index (κ3) is 6.06. The van der Waals surface area contributed by atoms with Crippen molar-refractivity contribution in [3.8, 4) is 23.1 Å². The summed E-state index contributed by atoms with van der Waals surface area (Å²) in [5.41, 5.74) is 3.41. The number of piperazine rings is 1. The maximum atomic E-state index is 14.8. The molecule has 4 heterocycles. The first kappa shape index (κ1) is 31.2. The lowest BCUT2D eigenvalue weighted by Crippen LogP contribution is -2.55. The Bertz CT molecular complexity index is 1830. The van der Waals surface area contributed by atoms with Crippen LogP contribution in [0.25, 0.3) is 16.9 Å². The Kier molecular flexibility index (Phi) is 9.03. The minimum Gasteiger partial charge on any atom is -0.476 e. The van der Waals surface area contributed by atoms with Crippen LogP contribution in [0.3, 0.4) is 0 Å². The molecule has 0 bridgehead atoms. The van der Waals surface area contributed by atoms with E-state index in [2.05, 4.69) is 20.6 Å². The van der Waals surface area contributed by atoms with E-state index >= 15 is 0 Å². The third-order valence-electron chi connectivity index (χ3n) is 8.41. The number of aromatic nitrogens is 3. The molecule has 12 nitrogen and oxygen atoms in total. The minimum absolute atomic E-state index is 0.0456. The number of imidazole rings is 1. The SMILES string of the molecule is Cc1cc(Nc2nccn3c(-c4ccc(OCC#N)c(F)c4Cl)cnc23)ccc1C(=O)N1CCN(C(=O)[C@@H]2CCNC[C@H]2O)CC1. The second kappa shape index (κ2) is 13.3. The van der Waals surface area contributed by atoms with Crippen LogP contribution in [0.4, 0.5) is 15.9 Å². The van der Waals surface area contributed by atoms with Crippen molar-refractivity contribution >= 4 is 40.6 Å². The highest BCUT2D eigenvalue weighted by Gasteiger charge is 2.34. The zero-order chi connectivity index (χ0) is 32.4. The molecule has 46 heavy (non-hydrogen) atoms. The summed E-state index contributed by atoms with van der Waals surface area (Å²) < 4.78 is 21.7. The fourth-order valence-electron chi connectivity index (χ4n) is 5.94. The van der Waals surface area contributed by atoms with Gasteiger partial charge >= 0.3 is 0 Å². The van der Waals surface area contributed by atoms with E-state index in [-0.39, 0.29) is 29.2 Å². The zero-order valence-electron chi connectivity index (χ0n) is 25.0. The normalized spacial score (nSPS) is 18.3. The molecule has 2 aliphatic rings. The Morgan fingerprint density at radius 1 is 1.20 bits per heavy atom. The summed E-state index contributed by atoms with van der Waals surface area (Å²) in [6.45, 7) is 4.38. The molecule has 0 unspecified atom stereocenters.